The van der Waals surface area contributed by atoms with Gasteiger partial charge in [-0.3, -0.25) is 14.5 Å². The summed E-state index contributed by atoms with van der Waals surface area (Å²) in [7, 11) is 0. The number of amides is 1. The van der Waals surface area contributed by atoms with Gasteiger partial charge in [-0.05, 0) is 30.8 Å². The molecule has 10 nitrogen and oxygen atoms in total. The summed E-state index contributed by atoms with van der Waals surface area (Å²) in [6.45, 7) is 6.65. The fourth-order valence-corrected chi connectivity index (χ4v) is 4.24. The highest BCUT2D eigenvalue weighted by Crippen LogP contribution is 2.31. The lowest BCUT2D eigenvalue weighted by Gasteiger charge is -2.02. The van der Waals surface area contributed by atoms with Gasteiger partial charge in [0.15, 0.2) is 15.7 Å². The Labute approximate surface area is 193 Å². The molecule has 0 aliphatic heterocycles. The predicted octanol–water partition coefficient (Wildman–Crippen LogP) is 3.63. The minimum atomic E-state index is -0.126. The molecule has 0 fully saturated rings. The van der Waals surface area contributed by atoms with Crippen LogP contribution in [0.5, 0.6) is 0 Å². The number of rotatable bonds is 9. The number of carbonyl (C=O) groups is 1. The van der Waals surface area contributed by atoms with Crippen LogP contribution in [-0.2, 0) is 17.9 Å². The van der Waals surface area contributed by atoms with Crippen LogP contribution in [0.2, 0.25) is 0 Å². The summed E-state index contributed by atoms with van der Waals surface area (Å²) in [4.78, 5) is 19.2. The predicted molar refractivity (Wildman–Crippen MR) is 125 cm³/mol. The maximum absolute atomic E-state index is 12.4. The SMILES string of the molecule is C=CCn1c(-c2sc(NC(=O)CCCn3nnc(-c4ccccc4)n3)nc2C)n[nH]c1=S. The van der Waals surface area contributed by atoms with Crippen LogP contribution in [-0.4, -0.2) is 45.9 Å². The van der Waals surface area contributed by atoms with E-state index in [0.29, 0.717) is 47.5 Å². The number of nitrogens with zero attached hydrogens (tertiary/aromatic N) is 7. The zero-order valence-corrected chi connectivity index (χ0v) is 19.0. The normalized spacial score (nSPS) is 10.9. The van der Waals surface area contributed by atoms with Crippen LogP contribution in [0.3, 0.4) is 0 Å². The Morgan fingerprint density at radius 1 is 1.34 bits per heavy atom. The number of aryl methyl sites for hydroxylation is 2. The molecule has 0 bridgehead atoms. The van der Waals surface area contributed by atoms with Crippen molar-refractivity contribution in [1.82, 2.24) is 40.0 Å². The van der Waals surface area contributed by atoms with E-state index in [-0.39, 0.29) is 5.91 Å². The molecule has 0 spiro atoms. The second-order valence-electron chi connectivity index (χ2n) is 6.91. The molecule has 3 heterocycles. The van der Waals surface area contributed by atoms with Gasteiger partial charge in [-0.1, -0.05) is 47.7 Å². The van der Waals surface area contributed by atoms with Crippen LogP contribution in [0.25, 0.3) is 22.1 Å². The minimum absolute atomic E-state index is 0.126. The van der Waals surface area contributed by atoms with Crippen LogP contribution in [0, 0.1) is 11.7 Å². The Morgan fingerprint density at radius 3 is 2.94 bits per heavy atom. The second-order valence-corrected chi connectivity index (χ2v) is 8.30. The van der Waals surface area contributed by atoms with Gasteiger partial charge in [0.25, 0.3) is 0 Å². The molecule has 2 N–H and O–H groups in total. The van der Waals surface area contributed by atoms with Crippen molar-refractivity contribution in [3.8, 4) is 22.1 Å². The van der Waals surface area contributed by atoms with Gasteiger partial charge < -0.3 is 5.32 Å². The number of nitrogens with one attached hydrogen (secondary N) is 2. The summed E-state index contributed by atoms with van der Waals surface area (Å²) in [5, 5.41) is 22.9. The number of aromatic nitrogens is 8. The lowest BCUT2D eigenvalue weighted by Crippen LogP contribution is -2.13. The van der Waals surface area contributed by atoms with Crippen molar-refractivity contribution in [3.05, 3.63) is 53.5 Å². The van der Waals surface area contributed by atoms with Crippen molar-refractivity contribution < 1.29 is 4.79 Å². The van der Waals surface area contributed by atoms with Gasteiger partial charge in [-0.2, -0.15) is 9.90 Å². The zero-order chi connectivity index (χ0) is 22.5. The Kier molecular flexibility index (Phi) is 6.61. The molecule has 0 radical (unpaired) electrons. The summed E-state index contributed by atoms with van der Waals surface area (Å²) in [5.41, 5.74) is 1.67. The fourth-order valence-electron chi connectivity index (χ4n) is 3.05. The molecule has 3 aromatic heterocycles. The number of tetrazole rings is 1. The third-order valence-electron chi connectivity index (χ3n) is 4.56. The third kappa shape index (κ3) is 4.86. The van der Waals surface area contributed by atoms with E-state index in [1.165, 1.54) is 16.1 Å². The molecule has 1 amide bonds. The fraction of sp³-hybridized carbons (Fsp3) is 0.250. The van der Waals surface area contributed by atoms with Crippen LogP contribution >= 0.6 is 23.6 Å². The highest BCUT2D eigenvalue weighted by molar-refractivity contribution is 7.71. The highest BCUT2D eigenvalue weighted by atomic mass is 32.1. The number of hydrogen-bond donors (Lipinski definition) is 2. The van der Waals surface area contributed by atoms with Crippen molar-refractivity contribution in [2.45, 2.75) is 32.9 Å². The maximum atomic E-state index is 12.4. The largest absolute Gasteiger partial charge is 0.302 e. The molecule has 4 rings (SSSR count). The molecule has 0 aliphatic rings. The third-order valence-corrected chi connectivity index (χ3v) is 5.94. The standard InChI is InChI=1S/C20H21N9OS2/c1-3-11-28-18(24-25-20(28)31)16-13(2)21-19(32-16)22-15(30)10-7-12-29-26-17(23-27-29)14-8-5-4-6-9-14/h3-6,8-9H,1,7,10-12H2,2H3,(H,25,31)(H,21,22,30). The van der Waals surface area contributed by atoms with E-state index in [0.717, 1.165) is 16.1 Å². The van der Waals surface area contributed by atoms with Crippen LogP contribution in [0.15, 0.2) is 43.0 Å². The monoisotopic (exact) mass is 467 g/mol. The Bertz CT molecular complexity index is 1290. The van der Waals surface area contributed by atoms with Crippen molar-refractivity contribution in [2.75, 3.05) is 5.32 Å². The van der Waals surface area contributed by atoms with Gasteiger partial charge >= 0.3 is 0 Å². The smallest absolute Gasteiger partial charge is 0.226 e. The van der Waals surface area contributed by atoms with E-state index < -0.39 is 0 Å². The van der Waals surface area contributed by atoms with Gasteiger partial charge in [-0.15, -0.1) is 16.8 Å². The average molecular weight is 468 g/mol. The quantitative estimate of drug-likeness (QED) is 0.285. The first-order valence-electron chi connectivity index (χ1n) is 9.92. The first kappa shape index (κ1) is 21.7. The minimum Gasteiger partial charge on any atom is -0.302 e. The molecule has 32 heavy (non-hydrogen) atoms. The van der Waals surface area contributed by atoms with Gasteiger partial charge in [0, 0.05) is 18.5 Å². The second kappa shape index (κ2) is 9.75. The Balaban J connectivity index is 1.33. The van der Waals surface area contributed by atoms with Gasteiger partial charge in [0.2, 0.25) is 11.7 Å². The number of allylic oxidation sites excluding steroid dienone is 1. The van der Waals surface area contributed by atoms with Crippen LogP contribution < -0.4 is 5.32 Å². The van der Waals surface area contributed by atoms with E-state index in [1.54, 1.807) is 6.08 Å². The lowest BCUT2D eigenvalue weighted by atomic mass is 10.2. The topological polar surface area (TPSA) is 119 Å². The van der Waals surface area contributed by atoms with Crippen LogP contribution in [0.1, 0.15) is 18.5 Å². The van der Waals surface area contributed by atoms with Crippen molar-refractivity contribution in [2.24, 2.45) is 0 Å². The molecule has 0 saturated heterocycles. The zero-order valence-electron chi connectivity index (χ0n) is 17.4. The van der Waals surface area contributed by atoms with E-state index in [2.05, 4.69) is 42.5 Å². The van der Waals surface area contributed by atoms with E-state index in [1.807, 2.05) is 41.8 Å². The lowest BCUT2D eigenvalue weighted by molar-refractivity contribution is -0.116. The van der Waals surface area contributed by atoms with Gasteiger partial charge in [-0.25, -0.2) is 4.98 Å². The average Bonchev–Trinajstić information content (AvgIpc) is 3.49. The number of aromatic amines is 1. The number of thiazole rings is 1. The number of benzene rings is 1. The Morgan fingerprint density at radius 2 is 2.16 bits per heavy atom. The first-order valence-corrected chi connectivity index (χ1v) is 11.1. The van der Waals surface area contributed by atoms with E-state index >= 15 is 0 Å². The summed E-state index contributed by atoms with van der Waals surface area (Å²) in [6, 6.07) is 9.64. The number of carbonyl (C=O) groups excluding carboxylic acids is 1. The molecule has 0 atom stereocenters. The van der Waals surface area contributed by atoms with Crippen LogP contribution in [0.4, 0.5) is 5.13 Å². The first-order chi connectivity index (χ1) is 15.5. The summed E-state index contributed by atoms with van der Waals surface area (Å²) >= 11 is 6.63. The van der Waals surface area contributed by atoms with Crippen molar-refractivity contribution in [1.29, 1.82) is 0 Å². The molecule has 12 heteroatoms. The van der Waals surface area contributed by atoms with E-state index in [9.17, 15) is 4.79 Å². The Hall–Kier alpha value is -3.51. The number of anilines is 1. The van der Waals surface area contributed by atoms with Gasteiger partial charge in [0.05, 0.1) is 17.1 Å². The molecule has 0 saturated carbocycles. The molecule has 0 aliphatic carbocycles. The molecule has 1 aromatic carbocycles. The van der Waals surface area contributed by atoms with Crippen molar-refractivity contribution >= 4 is 34.6 Å². The highest BCUT2D eigenvalue weighted by Gasteiger charge is 2.17. The maximum Gasteiger partial charge on any atom is 0.226 e. The summed E-state index contributed by atoms with van der Waals surface area (Å²) in [6.07, 6.45) is 2.64. The molecular weight excluding hydrogens is 446 g/mol. The molecule has 0 unspecified atom stereocenters. The summed E-state index contributed by atoms with van der Waals surface area (Å²) in [5.74, 6) is 1.12. The van der Waals surface area contributed by atoms with Gasteiger partial charge in [0.1, 0.15) is 0 Å². The molecule has 4 aromatic rings. The molecule has 164 valence electrons. The van der Waals surface area contributed by atoms with E-state index in [4.69, 9.17) is 12.2 Å². The summed E-state index contributed by atoms with van der Waals surface area (Å²) < 4.78 is 2.35. The van der Waals surface area contributed by atoms with Crippen molar-refractivity contribution in [3.63, 3.8) is 0 Å². The number of hydrogen-bond acceptors (Lipinski definition) is 8. The molecular formula is C20H21N9OS2. The number of H-pyrrole nitrogens is 1.